The molecule has 0 bridgehead atoms. The molecule has 1 aliphatic heterocycles. The fraction of sp³-hybridized carbons (Fsp3) is 0.300. The number of anilines is 1. The van der Waals surface area contributed by atoms with Crippen LogP contribution in [0.1, 0.15) is 15.9 Å². The van der Waals surface area contributed by atoms with Crippen LogP contribution in [0, 0.1) is 11.6 Å². The molecule has 2 aromatic carbocycles. The number of benzene rings is 2. The number of nitrogens with one attached hydrogen (secondary N) is 1. The van der Waals surface area contributed by atoms with Crippen LogP contribution in [0.3, 0.4) is 0 Å². The van der Waals surface area contributed by atoms with Gasteiger partial charge >= 0.3 is 0 Å². The highest BCUT2D eigenvalue weighted by Gasteiger charge is 2.22. The van der Waals surface area contributed by atoms with E-state index in [2.05, 4.69) is 15.2 Å². The van der Waals surface area contributed by atoms with E-state index in [4.69, 9.17) is 5.73 Å². The van der Waals surface area contributed by atoms with Crippen LogP contribution in [0.4, 0.5) is 14.5 Å². The molecule has 9 heteroatoms. The highest BCUT2D eigenvalue weighted by Crippen LogP contribution is 2.22. The van der Waals surface area contributed by atoms with Crippen molar-refractivity contribution in [3.8, 4) is 0 Å². The smallest absolute Gasteiger partial charge is 0.248 e. The number of carbonyl (C=O) groups excluding carboxylic acids is 1. The van der Waals surface area contributed by atoms with Crippen LogP contribution >= 0.6 is 24.0 Å². The van der Waals surface area contributed by atoms with Gasteiger partial charge in [-0.1, -0.05) is 12.1 Å². The van der Waals surface area contributed by atoms with Crippen LogP contribution < -0.4 is 16.0 Å². The lowest BCUT2D eigenvalue weighted by molar-refractivity contribution is 0.100. The average Bonchev–Trinajstić information content (AvgIpc) is 2.71. The molecular weight excluding hydrogens is 491 g/mol. The van der Waals surface area contributed by atoms with Gasteiger partial charge in [-0.15, -0.1) is 24.0 Å². The molecule has 0 saturated carbocycles. The number of carbonyl (C=O) groups is 1. The zero-order valence-corrected chi connectivity index (χ0v) is 18.4. The molecule has 0 aliphatic carbocycles. The molecule has 1 aliphatic rings. The van der Waals surface area contributed by atoms with E-state index >= 15 is 0 Å². The largest absolute Gasteiger partial charge is 0.366 e. The number of rotatable bonds is 4. The van der Waals surface area contributed by atoms with Crippen LogP contribution in [0.5, 0.6) is 0 Å². The molecule has 29 heavy (non-hydrogen) atoms. The van der Waals surface area contributed by atoms with E-state index in [1.165, 1.54) is 6.07 Å². The molecule has 1 heterocycles. The number of amides is 1. The average molecular weight is 515 g/mol. The molecule has 0 unspecified atom stereocenters. The highest BCUT2D eigenvalue weighted by atomic mass is 127. The van der Waals surface area contributed by atoms with Gasteiger partial charge in [-0.05, 0) is 29.8 Å². The predicted octanol–water partition coefficient (Wildman–Crippen LogP) is 2.58. The van der Waals surface area contributed by atoms with Gasteiger partial charge in [0.25, 0.3) is 0 Å². The zero-order valence-electron chi connectivity index (χ0n) is 16.1. The number of nitrogens with two attached hydrogens (primary N) is 1. The summed E-state index contributed by atoms with van der Waals surface area (Å²) in [5.41, 5.74) is 7.00. The molecule has 3 rings (SSSR count). The Morgan fingerprint density at radius 3 is 2.34 bits per heavy atom. The molecule has 0 atom stereocenters. The van der Waals surface area contributed by atoms with Gasteiger partial charge in [0.15, 0.2) is 5.96 Å². The van der Waals surface area contributed by atoms with E-state index < -0.39 is 17.5 Å². The summed E-state index contributed by atoms with van der Waals surface area (Å²) in [5, 5.41) is 3.29. The zero-order chi connectivity index (χ0) is 20.1. The Morgan fingerprint density at radius 1 is 1.10 bits per heavy atom. The number of primary amides is 1. The number of nitrogens with zero attached hydrogens (tertiary/aromatic N) is 3. The van der Waals surface area contributed by atoms with E-state index in [9.17, 15) is 13.6 Å². The van der Waals surface area contributed by atoms with Gasteiger partial charge in [0, 0.05) is 51.4 Å². The minimum atomic E-state index is -0.456. The summed E-state index contributed by atoms with van der Waals surface area (Å²) >= 11 is 0. The lowest BCUT2D eigenvalue weighted by Crippen LogP contribution is -2.52. The summed E-state index contributed by atoms with van der Waals surface area (Å²) < 4.78 is 27.4. The van der Waals surface area contributed by atoms with Crippen molar-refractivity contribution in [1.82, 2.24) is 10.2 Å². The summed E-state index contributed by atoms with van der Waals surface area (Å²) in [6.45, 7) is 2.94. The number of hydrogen-bond acceptors (Lipinski definition) is 3. The molecule has 3 N–H and O–H groups in total. The SMILES string of the molecule is CN=C(NCc1ccc(C(N)=O)cc1)N1CCN(c2cc(F)ccc2F)CC1.I. The van der Waals surface area contributed by atoms with Crippen molar-refractivity contribution in [2.24, 2.45) is 10.7 Å². The first-order valence-corrected chi connectivity index (χ1v) is 9.02. The van der Waals surface area contributed by atoms with Gasteiger partial charge < -0.3 is 20.9 Å². The maximum atomic E-state index is 14.0. The van der Waals surface area contributed by atoms with Crippen molar-refractivity contribution in [2.45, 2.75) is 6.54 Å². The third-order valence-electron chi connectivity index (χ3n) is 4.73. The fourth-order valence-electron chi connectivity index (χ4n) is 3.19. The normalized spacial score (nSPS) is 14.4. The Bertz CT molecular complexity index is 868. The fourth-order valence-corrected chi connectivity index (χ4v) is 3.19. The molecule has 0 radical (unpaired) electrons. The number of piperazine rings is 1. The van der Waals surface area contributed by atoms with Crippen LogP contribution in [0.15, 0.2) is 47.5 Å². The van der Waals surface area contributed by atoms with Crippen molar-refractivity contribution in [3.63, 3.8) is 0 Å². The minimum Gasteiger partial charge on any atom is -0.366 e. The van der Waals surface area contributed by atoms with Gasteiger partial charge in [0.05, 0.1) is 5.69 Å². The summed E-state index contributed by atoms with van der Waals surface area (Å²) in [6.07, 6.45) is 0. The molecule has 0 spiro atoms. The molecule has 2 aromatic rings. The first-order chi connectivity index (χ1) is 13.5. The summed E-state index contributed by atoms with van der Waals surface area (Å²) in [5.74, 6) is -0.586. The third kappa shape index (κ3) is 5.78. The second-order valence-electron chi connectivity index (χ2n) is 6.53. The summed E-state index contributed by atoms with van der Waals surface area (Å²) in [4.78, 5) is 19.4. The molecule has 6 nitrogen and oxygen atoms in total. The molecule has 156 valence electrons. The summed E-state index contributed by atoms with van der Waals surface area (Å²) in [7, 11) is 1.71. The van der Waals surface area contributed by atoms with Crippen molar-refractivity contribution in [3.05, 3.63) is 65.2 Å². The predicted molar refractivity (Wildman–Crippen MR) is 121 cm³/mol. The van der Waals surface area contributed by atoms with Crippen molar-refractivity contribution < 1.29 is 13.6 Å². The number of hydrogen-bond donors (Lipinski definition) is 2. The number of halogens is 3. The van der Waals surface area contributed by atoms with Crippen molar-refractivity contribution >= 4 is 41.5 Å². The maximum Gasteiger partial charge on any atom is 0.248 e. The third-order valence-corrected chi connectivity index (χ3v) is 4.73. The highest BCUT2D eigenvalue weighted by molar-refractivity contribution is 14.0. The van der Waals surface area contributed by atoms with E-state index in [-0.39, 0.29) is 29.7 Å². The molecular formula is C20H24F2IN5O. The second-order valence-corrected chi connectivity index (χ2v) is 6.53. The van der Waals surface area contributed by atoms with Crippen LogP contribution in [-0.4, -0.2) is 50.0 Å². The standard InChI is InChI=1S/C20H23F2N5O.HI/c1-24-20(25-13-14-2-4-15(5-3-14)19(23)28)27-10-8-26(9-11-27)18-12-16(21)6-7-17(18)22;/h2-7,12H,8-11,13H2,1H3,(H2,23,28)(H,24,25);1H. The lowest BCUT2D eigenvalue weighted by Gasteiger charge is -2.37. The second kappa shape index (κ2) is 10.4. The maximum absolute atomic E-state index is 14.0. The first kappa shape index (κ1) is 22.9. The van der Waals surface area contributed by atoms with Gasteiger partial charge in [0.1, 0.15) is 11.6 Å². The lowest BCUT2D eigenvalue weighted by atomic mass is 10.1. The van der Waals surface area contributed by atoms with E-state index in [1.54, 1.807) is 19.2 Å². The molecule has 1 fully saturated rings. The monoisotopic (exact) mass is 515 g/mol. The number of guanidine groups is 1. The Labute approximate surface area is 185 Å². The summed E-state index contributed by atoms with van der Waals surface area (Å²) in [6, 6.07) is 10.6. The Morgan fingerprint density at radius 2 is 1.76 bits per heavy atom. The molecule has 1 amide bonds. The topological polar surface area (TPSA) is 74.0 Å². The van der Waals surface area contributed by atoms with Gasteiger partial charge in [-0.3, -0.25) is 9.79 Å². The minimum absolute atomic E-state index is 0. The Hall–Kier alpha value is -2.43. The molecule has 1 saturated heterocycles. The quantitative estimate of drug-likeness (QED) is 0.373. The van der Waals surface area contributed by atoms with Gasteiger partial charge in [-0.2, -0.15) is 0 Å². The Kier molecular flexibility index (Phi) is 8.18. The van der Waals surface area contributed by atoms with E-state index in [0.717, 1.165) is 23.7 Å². The molecule has 0 aromatic heterocycles. The van der Waals surface area contributed by atoms with Crippen molar-refractivity contribution in [1.29, 1.82) is 0 Å². The van der Waals surface area contributed by atoms with Crippen LogP contribution in [0.2, 0.25) is 0 Å². The van der Waals surface area contributed by atoms with E-state index in [1.807, 2.05) is 17.0 Å². The van der Waals surface area contributed by atoms with E-state index in [0.29, 0.717) is 38.3 Å². The van der Waals surface area contributed by atoms with Crippen molar-refractivity contribution in [2.75, 3.05) is 38.1 Å². The van der Waals surface area contributed by atoms with Crippen LogP contribution in [0.25, 0.3) is 0 Å². The van der Waals surface area contributed by atoms with Gasteiger partial charge in [0.2, 0.25) is 5.91 Å². The Balaban J connectivity index is 0.00000300. The van der Waals surface area contributed by atoms with Gasteiger partial charge in [-0.25, -0.2) is 8.78 Å². The van der Waals surface area contributed by atoms with Crippen LogP contribution in [-0.2, 0) is 6.54 Å². The number of aliphatic imine (C=N–C) groups is 1. The first-order valence-electron chi connectivity index (χ1n) is 9.02.